The van der Waals surface area contributed by atoms with E-state index in [1.54, 1.807) is 0 Å². The second-order valence-electron chi connectivity index (χ2n) is 7.11. The Morgan fingerprint density at radius 3 is 2.00 bits per heavy atom. The zero-order chi connectivity index (χ0) is 15.3. The van der Waals surface area contributed by atoms with Crippen molar-refractivity contribution in [2.24, 2.45) is 5.41 Å². The molecule has 0 spiro atoms. The van der Waals surface area contributed by atoms with Crippen LogP contribution in [0.25, 0.3) is 0 Å². The second-order valence-corrected chi connectivity index (χ2v) is 7.11. The Hall–Kier alpha value is -0.220. The summed E-state index contributed by atoms with van der Waals surface area (Å²) in [6, 6.07) is 1.20. The van der Waals surface area contributed by atoms with Crippen LogP contribution in [-0.4, -0.2) is 43.0 Å². The van der Waals surface area contributed by atoms with E-state index in [2.05, 4.69) is 19.2 Å². The maximum absolute atomic E-state index is 12.4. The predicted molar refractivity (Wildman–Crippen MR) is 83.9 cm³/mol. The molecule has 0 amide bonds. The Balaban J connectivity index is 1.68. The smallest absolute Gasteiger partial charge is 0.251 e. The number of halogens is 2. The third-order valence-electron chi connectivity index (χ3n) is 6.00. The van der Waals surface area contributed by atoms with Crippen LogP contribution in [0.1, 0.15) is 65.2 Å². The Morgan fingerprint density at radius 1 is 1.00 bits per heavy atom. The Kier molecular flexibility index (Phi) is 6.42. The normalized spacial score (nSPS) is 25.6. The van der Waals surface area contributed by atoms with Gasteiger partial charge in [0.15, 0.2) is 0 Å². The molecule has 0 bridgehead atoms. The van der Waals surface area contributed by atoms with Crippen molar-refractivity contribution in [2.45, 2.75) is 83.7 Å². The summed E-state index contributed by atoms with van der Waals surface area (Å²) in [5, 5.41) is 3.80. The van der Waals surface area contributed by atoms with Crippen LogP contribution in [0.4, 0.5) is 8.78 Å². The summed E-state index contributed by atoms with van der Waals surface area (Å²) in [6.07, 6.45) is 7.75. The van der Waals surface area contributed by atoms with E-state index in [9.17, 15) is 8.78 Å². The molecule has 1 saturated heterocycles. The fraction of sp³-hybridized carbons (Fsp3) is 1.00. The van der Waals surface area contributed by atoms with Crippen LogP contribution < -0.4 is 5.32 Å². The van der Waals surface area contributed by atoms with Gasteiger partial charge in [-0.25, -0.2) is 8.78 Å². The molecule has 1 N–H and O–H groups in total. The van der Waals surface area contributed by atoms with Gasteiger partial charge < -0.3 is 5.32 Å². The predicted octanol–water partition coefficient (Wildman–Crippen LogP) is 4.05. The molecular weight excluding hydrogens is 270 g/mol. The molecule has 0 aromatic carbocycles. The van der Waals surface area contributed by atoms with Crippen LogP contribution >= 0.6 is 0 Å². The van der Waals surface area contributed by atoms with Gasteiger partial charge in [0, 0.05) is 12.1 Å². The van der Waals surface area contributed by atoms with Gasteiger partial charge in [-0.1, -0.05) is 26.7 Å². The van der Waals surface area contributed by atoms with E-state index in [4.69, 9.17) is 0 Å². The topological polar surface area (TPSA) is 15.3 Å². The number of hydrogen-bond acceptors (Lipinski definition) is 2. The Bertz CT molecular complexity index is 287. The minimum absolute atomic E-state index is 0.0499. The monoisotopic (exact) mass is 302 g/mol. The molecule has 4 heteroatoms. The average molecular weight is 302 g/mol. The SMILES string of the molecule is CCC1(CC)CCC(NC2CCN(CC(F)F)CC2)CC1. The number of piperidine rings is 1. The molecule has 1 aliphatic heterocycles. The molecule has 21 heavy (non-hydrogen) atoms. The molecule has 2 nitrogen and oxygen atoms in total. The molecule has 1 heterocycles. The fourth-order valence-corrected chi connectivity index (χ4v) is 4.16. The number of alkyl halides is 2. The van der Waals surface area contributed by atoms with Crippen LogP contribution in [0.2, 0.25) is 0 Å². The first kappa shape index (κ1) is 17.1. The lowest BCUT2D eigenvalue weighted by Crippen LogP contribution is -2.48. The van der Waals surface area contributed by atoms with E-state index in [0.717, 1.165) is 25.9 Å². The Labute approximate surface area is 128 Å². The first-order chi connectivity index (χ1) is 10.1. The minimum atomic E-state index is -2.19. The van der Waals surface area contributed by atoms with Crippen LogP contribution in [0.5, 0.6) is 0 Å². The molecular formula is C17H32F2N2. The number of hydrogen-bond donors (Lipinski definition) is 1. The molecule has 0 radical (unpaired) electrons. The fourth-order valence-electron chi connectivity index (χ4n) is 4.16. The van der Waals surface area contributed by atoms with Gasteiger partial charge in [0.1, 0.15) is 0 Å². The van der Waals surface area contributed by atoms with Crippen molar-refractivity contribution in [1.82, 2.24) is 10.2 Å². The van der Waals surface area contributed by atoms with Crippen LogP contribution in [0.15, 0.2) is 0 Å². The van der Waals surface area contributed by atoms with Crippen molar-refractivity contribution >= 4 is 0 Å². The maximum Gasteiger partial charge on any atom is 0.251 e. The maximum atomic E-state index is 12.4. The summed E-state index contributed by atoms with van der Waals surface area (Å²) in [5.74, 6) is 0. The molecule has 1 aliphatic carbocycles. The van der Waals surface area contributed by atoms with Gasteiger partial charge in [-0.15, -0.1) is 0 Å². The molecule has 2 aliphatic rings. The van der Waals surface area contributed by atoms with Gasteiger partial charge in [0.25, 0.3) is 6.43 Å². The molecule has 124 valence electrons. The Morgan fingerprint density at radius 2 is 1.52 bits per heavy atom. The van der Waals surface area contributed by atoms with E-state index in [-0.39, 0.29) is 6.54 Å². The van der Waals surface area contributed by atoms with Gasteiger partial charge in [-0.05, 0) is 57.0 Å². The van der Waals surface area contributed by atoms with E-state index < -0.39 is 6.43 Å². The first-order valence-corrected chi connectivity index (χ1v) is 8.83. The first-order valence-electron chi connectivity index (χ1n) is 8.83. The number of rotatable bonds is 6. The molecule has 0 unspecified atom stereocenters. The van der Waals surface area contributed by atoms with Gasteiger partial charge >= 0.3 is 0 Å². The van der Waals surface area contributed by atoms with Gasteiger partial charge in [0.05, 0.1) is 6.54 Å². The van der Waals surface area contributed by atoms with Crippen LogP contribution in [-0.2, 0) is 0 Å². The number of nitrogens with one attached hydrogen (secondary N) is 1. The standard InChI is InChI=1S/C17H32F2N2/c1-3-17(4-2)9-5-14(6-10-17)20-15-7-11-21(12-8-15)13-16(18)19/h14-16,20H,3-13H2,1-2H3. The van der Waals surface area contributed by atoms with Crippen LogP contribution in [0, 0.1) is 5.41 Å². The van der Waals surface area contributed by atoms with Crippen LogP contribution in [0.3, 0.4) is 0 Å². The molecule has 2 rings (SSSR count). The third-order valence-corrected chi connectivity index (χ3v) is 6.00. The minimum Gasteiger partial charge on any atom is -0.311 e. The van der Waals surface area contributed by atoms with E-state index in [1.807, 2.05) is 4.90 Å². The van der Waals surface area contributed by atoms with Gasteiger partial charge in [-0.2, -0.15) is 0 Å². The summed E-state index contributed by atoms with van der Waals surface area (Å²) in [4.78, 5) is 1.91. The largest absolute Gasteiger partial charge is 0.311 e. The van der Waals surface area contributed by atoms with Crippen molar-refractivity contribution in [1.29, 1.82) is 0 Å². The lowest BCUT2D eigenvalue weighted by atomic mass is 9.69. The summed E-state index contributed by atoms with van der Waals surface area (Å²) < 4.78 is 24.7. The molecule has 0 aromatic heterocycles. The van der Waals surface area contributed by atoms with Crippen molar-refractivity contribution in [2.75, 3.05) is 19.6 Å². The molecule has 2 fully saturated rings. The van der Waals surface area contributed by atoms with Crippen molar-refractivity contribution in [3.8, 4) is 0 Å². The second kappa shape index (κ2) is 7.87. The summed E-state index contributed by atoms with van der Waals surface area (Å²) in [7, 11) is 0. The average Bonchev–Trinajstić information content (AvgIpc) is 2.50. The molecule has 1 saturated carbocycles. The van der Waals surface area contributed by atoms with E-state index in [1.165, 1.54) is 38.5 Å². The van der Waals surface area contributed by atoms with Gasteiger partial charge in [-0.3, -0.25) is 4.90 Å². The summed E-state index contributed by atoms with van der Waals surface area (Å²) in [6.45, 7) is 6.25. The number of likely N-dealkylation sites (tertiary alicyclic amines) is 1. The lowest BCUT2D eigenvalue weighted by Gasteiger charge is -2.41. The third kappa shape index (κ3) is 4.88. The highest BCUT2D eigenvalue weighted by atomic mass is 19.3. The van der Waals surface area contributed by atoms with E-state index in [0.29, 0.717) is 17.5 Å². The van der Waals surface area contributed by atoms with E-state index >= 15 is 0 Å². The van der Waals surface area contributed by atoms with Crippen molar-refractivity contribution < 1.29 is 8.78 Å². The lowest BCUT2D eigenvalue weighted by molar-refractivity contribution is 0.0694. The quantitative estimate of drug-likeness (QED) is 0.796. The summed E-state index contributed by atoms with van der Waals surface area (Å²) >= 11 is 0. The zero-order valence-electron chi connectivity index (χ0n) is 13.7. The summed E-state index contributed by atoms with van der Waals surface area (Å²) in [5.41, 5.74) is 0.596. The number of nitrogens with zero attached hydrogens (tertiary/aromatic N) is 1. The van der Waals surface area contributed by atoms with Crippen molar-refractivity contribution in [3.63, 3.8) is 0 Å². The van der Waals surface area contributed by atoms with Crippen molar-refractivity contribution in [3.05, 3.63) is 0 Å². The van der Waals surface area contributed by atoms with Gasteiger partial charge in [0.2, 0.25) is 0 Å². The highest BCUT2D eigenvalue weighted by Crippen LogP contribution is 2.42. The highest BCUT2D eigenvalue weighted by molar-refractivity contribution is 4.89. The molecule has 0 atom stereocenters. The zero-order valence-corrected chi connectivity index (χ0v) is 13.7. The highest BCUT2D eigenvalue weighted by Gasteiger charge is 2.33. The molecule has 0 aromatic rings.